The molecule has 3 N–H and O–H groups in total. The summed E-state index contributed by atoms with van der Waals surface area (Å²) in [6.45, 7) is 11.5. The van der Waals surface area contributed by atoms with Crippen molar-refractivity contribution in [2.24, 2.45) is 46.3 Å². The van der Waals surface area contributed by atoms with Gasteiger partial charge in [0, 0.05) is 6.42 Å². The number of ketones is 1. The Morgan fingerprint density at radius 3 is 2.20 bits per heavy atom. The summed E-state index contributed by atoms with van der Waals surface area (Å²) in [5.41, 5.74) is 0.603. The molecule has 3 saturated carbocycles. The molecule has 0 aromatic carbocycles. The van der Waals surface area contributed by atoms with Crippen LogP contribution in [0, 0.1) is 46.3 Å². The van der Waals surface area contributed by atoms with E-state index in [1.165, 1.54) is 12.5 Å². The van der Waals surface area contributed by atoms with Crippen LogP contribution in [0.25, 0.3) is 0 Å². The molecule has 0 amide bonds. The number of aliphatic hydroxyl groups is 3. The molecule has 5 rings (SSSR count). The smallest absolute Gasteiger partial charge is 0.726 e. The molecule has 1 saturated heterocycles. The van der Waals surface area contributed by atoms with Crippen molar-refractivity contribution in [2.75, 3.05) is 0 Å². The van der Waals surface area contributed by atoms with Gasteiger partial charge in [0.1, 0.15) is 24.4 Å². The maximum absolute atomic E-state index is 12.9. The Kier molecular flexibility index (Phi) is 15.6. The van der Waals surface area contributed by atoms with Crippen molar-refractivity contribution in [2.45, 2.75) is 142 Å². The second-order valence-electron chi connectivity index (χ2n) is 16.1. The number of hydrogen-bond donors (Lipinski definition) is 3. The van der Waals surface area contributed by atoms with Crippen LogP contribution in [-0.2, 0) is 43.4 Å². The molecule has 282 valence electrons. The Morgan fingerprint density at radius 2 is 1.61 bits per heavy atom. The normalized spacial score (nSPS) is 42.3. The number of rotatable bonds is 11. The maximum atomic E-state index is 12.9. The van der Waals surface area contributed by atoms with Crippen molar-refractivity contribution >= 4 is 26.6 Å². The van der Waals surface area contributed by atoms with Crippen LogP contribution in [0.2, 0.25) is 0 Å². The monoisotopic (exact) mass is 782 g/mol. The van der Waals surface area contributed by atoms with Crippen molar-refractivity contribution in [3.8, 4) is 0 Å². The zero-order valence-electron chi connectivity index (χ0n) is 31.0. The third-order valence-corrected chi connectivity index (χ3v) is 13.8. The predicted octanol–water partition coefficient (Wildman–Crippen LogP) is -3.66. The zero-order chi connectivity index (χ0) is 36.4. The van der Waals surface area contributed by atoms with E-state index < -0.39 is 75.2 Å². The summed E-state index contributed by atoms with van der Waals surface area (Å²) in [4.78, 5) is 12.9. The quantitative estimate of drug-likeness (QED) is 0.0795. The molecule has 51 heavy (non-hydrogen) atoms. The molecule has 15 atom stereocenters. The van der Waals surface area contributed by atoms with Crippen LogP contribution in [0.4, 0.5) is 0 Å². The SMILES string of the molecule is CC(C)C(O)C(=O)C[C@@H](C)C1CCC2C3CC(O[C@@H]4OC(C)[C@@H](OS(=O)(=O)[O-])C(O)C4O)C4CC(OS(=O)(=O)[O-])CC[C@]4(C)C3=CC[C@@]21C.[Na+].[Na+]. The summed E-state index contributed by atoms with van der Waals surface area (Å²) in [6, 6.07) is 0. The summed E-state index contributed by atoms with van der Waals surface area (Å²) in [5.74, 6) is -0.161. The summed E-state index contributed by atoms with van der Waals surface area (Å²) < 4.78 is 90.3. The molecule has 5 aliphatic rings. The number of aliphatic hydroxyl groups excluding tert-OH is 3. The molecule has 0 aromatic rings. The zero-order valence-corrected chi connectivity index (χ0v) is 36.6. The van der Waals surface area contributed by atoms with Gasteiger partial charge in [0.2, 0.25) is 20.8 Å². The molecule has 0 radical (unpaired) electrons. The fourth-order valence-corrected chi connectivity index (χ4v) is 11.4. The number of carbonyl (C=O) groups is 1. The van der Waals surface area contributed by atoms with Gasteiger partial charge in [-0.25, -0.2) is 16.8 Å². The minimum atomic E-state index is -5.22. The van der Waals surface area contributed by atoms with E-state index in [1.807, 2.05) is 13.8 Å². The summed E-state index contributed by atoms with van der Waals surface area (Å²) in [5, 5.41) is 32.2. The van der Waals surface area contributed by atoms with E-state index in [0.717, 1.165) is 19.3 Å². The topological polar surface area (TPSA) is 229 Å². The van der Waals surface area contributed by atoms with Gasteiger partial charge in [-0.1, -0.05) is 46.3 Å². The number of ether oxygens (including phenoxy) is 2. The van der Waals surface area contributed by atoms with E-state index in [4.69, 9.17) is 13.7 Å². The van der Waals surface area contributed by atoms with Crippen molar-refractivity contribution < 1.29 is 123 Å². The predicted molar refractivity (Wildman–Crippen MR) is 171 cm³/mol. The number of fused-ring (bicyclic) bond motifs is 5. The summed E-state index contributed by atoms with van der Waals surface area (Å²) in [7, 11) is -10.2. The molecule has 1 heterocycles. The third-order valence-electron chi connectivity index (χ3n) is 12.8. The van der Waals surface area contributed by atoms with Gasteiger partial charge in [0.05, 0.1) is 18.3 Å². The van der Waals surface area contributed by atoms with E-state index in [1.54, 1.807) is 0 Å². The summed E-state index contributed by atoms with van der Waals surface area (Å²) >= 11 is 0. The second-order valence-corrected chi connectivity index (χ2v) is 18.1. The van der Waals surface area contributed by atoms with Crippen LogP contribution in [0.15, 0.2) is 11.6 Å². The first-order chi connectivity index (χ1) is 22.6. The van der Waals surface area contributed by atoms with Crippen LogP contribution >= 0.6 is 0 Å². The van der Waals surface area contributed by atoms with Crippen LogP contribution < -0.4 is 59.1 Å². The van der Waals surface area contributed by atoms with Gasteiger partial charge in [-0.15, -0.1) is 0 Å². The molecule has 1 aliphatic heterocycles. The Morgan fingerprint density at radius 1 is 0.980 bits per heavy atom. The van der Waals surface area contributed by atoms with E-state index in [9.17, 15) is 46.1 Å². The molecule has 10 unspecified atom stereocenters. The Bertz CT molecular complexity index is 1490. The minimum absolute atomic E-state index is 0. The third kappa shape index (κ3) is 9.74. The van der Waals surface area contributed by atoms with Gasteiger partial charge in [-0.2, -0.15) is 0 Å². The maximum Gasteiger partial charge on any atom is 1.00 e. The molecule has 4 aliphatic carbocycles. The Balaban J connectivity index is 0.00000351. The van der Waals surface area contributed by atoms with E-state index in [0.29, 0.717) is 25.7 Å². The van der Waals surface area contributed by atoms with Crippen molar-refractivity contribution in [1.29, 1.82) is 0 Å². The largest absolute Gasteiger partial charge is 1.00 e. The van der Waals surface area contributed by atoms with Gasteiger partial charge in [0.15, 0.2) is 12.1 Å². The van der Waals surface area contributed by atoms with Crippen molar-refractivity contribution in [1.82, 2.24) is 0 Å². The number of Topliss-reactive ketones (excluding diaryl/α,β-unsaturated/α-hetero) is 1. The minimum Gasteiger partial charge on any atom is -0.726 e. The van der Waals surface area contributed by atoms with E-state index in [2.05, 4.69) is 31.0 Å². The molecule has 4 fully saturated rings. The second kappa shape index (κ2) is 17.2. The fourth-order valence-electron chi connectivity index (χ4n) is 10.4. The van der Waals surface area contributed by atoms with Gasteiger partial charge in [-0.3, -0.25) is 13.2 Å². The molecule has 18 heteroatoms. The molecule has 0 bridgehead atoms. The van der Waals surface area contributed by atoms with Gasteiger partial charge in [0.25, 0.3) is 0 Å². The number of hydrogen-bond acceptors (Lipinski definition) is 14. The van der Waals surface area contributed by atoms with Gasteiger partial charge < -0.3 is 33.9 Å². The Hall–Kier alpha value is 0.950. The first-order valence-corrected chi connectivity index (χ1v) is 20.1. The van der Waals surface area contributed by atoms with Crippen molar-refractivity contribution in [3.63, 3.8) is 0 Å². The molecular weight excluding hydrogens is 730 g/mol. The van der Waals surface area contributed by atoms with Gasteiger partial charge in [-0.05, 0) is 98.2 Å². The Labute approximate surface area is 346 Å². The standard InChI is InChI=1S/C33H54O14S2.2Na/c1-16(2)27(35)25(34)13-17(3)21-7-8-22-20-15-26(45-31-29(37)28(36)30(18(4)44-31)47-49(41,42)43)24-14-19(46-48(38,39)40)9-11-33(24,6)23(20)10-12-32(21,22)5;;/h10,16-22,24,26-31,35-37H,7-9,11-15H2,1-6H3,(H,38,39,40)(H,41,42,43);;/q;2*+1/p-2/t17-,18?,19?,20?,21?,22?,24?,26?,27?,28?,29?,30-,31+,32-,33-;;/m1../s1. The van der Waals surface area contributed by atoms with Crippen molar-refractivity contribution in [3.05, 3.63) is 11.6 Å². The van der Waals surface area contributed by atoms with Crippen LogP contribution in [0.3, 0.4) is 0 Å². The average molecular weight is 783 g/mol. The first-order valence-electron chi connectivity index (χ1n) is 17.4. The van der Waals surface area contributed by atoms with Crippen LogP contribution in [0.1, 0.15) is 92.9 Å². The van der Waals surface area contributed by atoms with E-state index >= 15 is 0 Å². The number of carbonyl (C=O) groups excluding carboxylic acids is 1. The van der Waals surface area contributed by atoms with Crippen LogP contribution in [0.5, 0.6) is 0 Å². The molecule has 0 aromatic heterocycles. The van der Waals surface area contributed by atoms with E-state index in [-0.39, 0.29) is 112 Å². The molecular formula is C33H52Na2O14S2. The summed E-state index contributed by atoms with van der Waals surface area (Å²) in [6.07, 6.45) is -3.74. The first kappa shape index (κ1) is 46.3. The molecule has 14 nitrogen and oxygen atoms in total. The fraction of sp³-hybridized carbons (Fsp3) is 0.909. The van der Waals surface area contributed by atoms with Crippen LogP contribution in [-0.4, -0.2) is 96.1 Å². The van der Waals surface area contributed by atoms with Gasteiger partial charge >= 0.3 is 59.1 Å². The molecule has 0 spiro atoms. The average Bonchev–Trinajstić information content (AvgIpc) is 3.34. The number of allylic oxidation sites excluding steroid dienone is 2.